The Kier molecular flexibility index (Phi) is 5.07. The van der Waals surface area contributed by atoms with E-state index in [-0.39, 0.29) is 4.91 Å². The lowest BCUT2D eigenvalue weighted by atomic mass is 9.95. The SMILES string of the molecule is CCCNC(=O)C1=C(c2ccccc2)c2cc(Cl)ccc2N(C)S1(=O)=O. The summed E-state index contributed by atoms with van der Waals surface area (Å²) in [6.07, 6.45) is 0.706. The smallest absolute Gasteiger partial charge is 0.270 e. The van der Waals surface area contributed by atoms with Crippen LogP contribution >= 0.6 is 11.6 Å². The number of hydrogen-bond acceptors (Lipinski definition) is 3. The number of carbonyl (C=O) groups excluding carboxylic acids is 1. The first-order chi connectivity index (χ1) is 12.4. The molecule has 0 saturated heterocycles. The quantitative estimate of drug-likeness (QED) is 0.869. The Labute approximate surface area is 158 Å². The molecule has 3 rings (SSSR count). The lowest BCUT2D eigenvalue weighted by Crippen LogP contribution is -2.39. The maximum atomic E-state index is 13.1. The predicted octanol–water partition coefficient (Wildman–Crippen LogP) is 3.41. The summed E-state index contributed by atoms with van der Waals surface area (Å²) in [5.41, 5.74) is 2.12. The molecule has 0 atom stereocenters. The van der Waals surface area contributed by atoms with Gasteiger partial charge in [-0.3, -0.25) is 9.10 Å². The number of benzene rings is 2. The van der Waals surface area contributed by atoms with E-state index in [4.69, 9.17) is 11.6 Å². The van der Waals surface area contributed by atoms with Gasteiger partial charge in [-0.05, 0) is 30.2 Å². The maximum Gasteiger partial charge on any atom is 0.270 e. The molecule has 136 valence electrons. The first kappa shape index (κ1) is 18.5. The van der Waals surface area contributed by atoms with Crippen LogP contribution in [-0.4, -0.2) is 27.9 Å². The molecular weight excluding hydrogens is 372 g/mol. The van der Waals surface area contributed by atoms with Crippen LogP contribution in [-0.2, 0) is 14.8 Å². The van der Waals surface area contributed by atoms with Crippen LogP contribution in [0.1, 0.15) is 24.5 Å². The highest BCUT2D eigenvalue weighted by molar-refractivity contribution is 7.97. The molecule has 0 unspecified atom stereocenters. The standard InChI is InChI=1S/C19H19ClN2O3S/c1-3-11-21-19(23)18-17(13-7-5-4-6-8-13)15-12-14(20)9-10-16(15)22(2)26(18,24)25/h4-10,12H,3,11H2,1-2H3,(H,21,23). The largest absolute Gasteiger partial charge is 0.351 e. The summed E-state index contributed by atoms with van der Waals surface area (Å²) >= 11 is 6.17. The Morgan fingerprint density at radius 1 is 1.15 bits per heavy atom. The van der Waals surface area contributed by atoms with Crippen molar-refractivity contribution < 1.29 is 13.2 Å². The number of fused-ring (bicyclic) bond motifs is 1. The highest BCUT2D eigenvalue weighted by Gasteiger charge is 2.39. The monoisotopic (exact) mass is 390 g/mol. The molecule has 0 aliphatic carbocycles. The van der Waals surface area contributed by atoms with Crippen LogP contribution in [0.3, 0.4) is 0 Å². The number of halogens is 1. The molecular formula is C19H19ClN2O3S. The van der Waals surface area contributed by atoms with E-state index in [0.29, 0.717) is 40.4 Å². The van der Waals surface area contributed by atoms with Crippen LogP contribution in [0.5, 0.6) is 0 Å². The molecule has 26 heavy (non-hydrogen) atoms. The molecule has 5 nitrogen and oxygen atoms in total. The molecule has 0 aromatic heterocycles. The van der Waals surface area contributed by atoms with Gasteiger partial charge in [-0.15, -0.1) is 0 Å². The second-order valence-corrected chi connectivity index (χ2v) is 8.30. The van der Waals surface area contributed by atoms with Gasteiger partial charge in [0.15, 0.2) is 4.91 Å². The molecule has 7 heteroatoms. The third-order valence-electron chi connectivity index (χ3n) is 4.22. The van der Waals surface area contributed by atoms with Gasteiger partial charge in [-0.1, -0.05) is 48.9 Å². The Morgan fingerprint density at radius 2 is 1.85 bits per heavy atom. The van der Waals surface area contributed by atoms with Gasteiger partial charge in [-0.2, -0.15) is 0 Å². The number of anilines is 1. The van der Waals surface area contributed by atoms with Crippen molar-refractivity contribution in [2.75, 3.05) is 17.9 Å². The lowest BCUT2D eigenvalue weighted by Gasteiger charge is -2.31. The van der Waals surface area contributed by atoms with Gasteiger partial charge in [0.2, 0.25) is 0 Å². The first-order valence-corrected chi connectivity index (χ1v) is 10.1. The lowest BCUT2D eigenvalue weighted by molar-refractivity contribution is -0.116. The summed E-state index contributed by atoms with van der Waals surface area (Å²) < 4.78 is 27.4. The topological polar surface area (TPSA) is 66.5 Å². The minimum absolute atomic E-state index is 0.255. The highest BCUT2D eigenvalue weighted by atomic mass is 35.5. The number of hydrogen-bond donors (Lipinski definition) is 1. The van der Waals surface area contributed by atoms with Crippen molar-refractivity contribution in [3.8, 4) is 0 Å². The molecule has 1 heterocycles. The van der Waals surface area contributed by atoms with Crippen LogP contribution in [0.15, 0.2) is 53.4 Å². The maximum absolute atomic E-state index is 13.1. The summed E-state index contributed by atoms with van der Waals surface area (Å²) in [6.45, 7) is 2.30. The number of nitrogens with one attached hydrogen (secondary N) is 1. The van der Waals surface area contributed by atoms with Gasteiger partial charge in [-0.25, -0.2) is 8.42 Å². The van der Waals surface area contributed by atoms with Crippen molar-refractivity contribution in [3.05, 3.63) is 69.6 Å². The van der Waals surface area contributed by atoms with Gasteiger partial charge >= 0.3 is 0 Å². The number of amides is 1. The number of nitrogens with zero attached hydrogens (tertiary/aromatic N) is 1. The van der Waals surface area contributed by atoms with Gasteiger partial charge in [0.05, 0.1) is 5.69 Å². The Morgan fingerprint density at radius 3 is 2.50 bits per heavy atom. The molecule has 0 bridgehead atoms. The third kappa shape index (κ3) is 3.10. The number of carbonyl (C=O) groups is 1. The van der Waals surface area contributed by atoms with Crippen LogP contribution in [0.2, 0.25) is 5.02 Å². The number of rotatable bonds is 4. The fourth-order valence-electron chi connectivity index (χ4n) is 2.94. The van der Waals surface area contributed by atoms with Gasteiger partial charge in [0.25, 0.3) is 15.9 Å². The van der Waals surface area contributed by atoms with Crippen molar-refractivity contribution in [1.29, 1.82) is 0 Å². The van der Waals surface area contributed by atoms with Crippen LogP contribution in [0.4, 0.5) is 5.69 Å². The normalized spacial score (nSPS) is 15.6. The minimum Gasteiger partial charge on any atom is -0.351 e. The Bertz CT molecular complexity index is 985. The van der Waals surface area contributed by atoms with E-state index in [0.717, 1.165) is 4.31 Å². The van der Waals surface area contributed by atoms with E-state index in [9.17, 15) is 13.2 Å². The predicted molar refractivity (Wildman–Crippen MR) is 105 cm³/mol. The molecule has 1 amide bonds. The van der Waals surface area contributed by atoms with E-state index in [1.807, 2.05) is 13.0 Å². The van der Waals surface area contributed by atoms with E-state index in [1.165, 1.54) is 7.05 Å². The van der Waals surface area contributed by atoms with E-state index >= 15 is 0 Å². The Balaban J connectivity index is 2.38. The van der Waals surface area contributed by atoms with Gasteiger partial charge < -0.3 is 5.32 Å². The van der Waals surface area contributed by atoms with Crippen LogP contribution < -0.4 is 9.62 Å². The van der Waals surface area contributed by atoms with Crippen molar-refractivity contribution >= 4 is 38.8 Å². The first-order valence-electron chi connectivity index (χ1n) is 8.24. The fourth-order valence-corrected chi connectivity index (χ4v) is 4.60. The van der Waals surface area contributed by atoms with Crippen molar-refractivity contribution in [1.82, 2.24) is 5.32 Å². The second-order valence-electron chi connectivity index (χ2n) is 5.96. The molecule has 2 aromatic carbocycles. The van der Waals surface area contributed by atoms with E-state index < -0.39 is 15.9 Å². The molecule has 1 aliphatic heterocycles. The highest BCUT2D eigenvalue weighted by Crippen LogP contribution is 2.43. The third-order valence-corrected chi connectivity index (χ3v) is 6.28. The van der Waals surface area contributed by atoms with E-state index in [1.54, 1.807) is 42.5 Å². The van der Waals surface area contributed by atoms with Crippen molar-refractivity contribution in [2.24, 2.45) is 0 Å². The number of sulfonamides is 1. The molecule has 0 radical (unpaired) electrons. The van der Waals surface area contributed by atoms with Gasteiger partial charge in [0.1, 0.15) is 0 Å². The zero-order chi connectivity index (χ0) is 18.9. The summed E-state index contributed by atoms with van der Waals surface area (Å²) in [7, 11) is -2.56. The van der Waals surface area contributed by atoms with Crippen molar-refractivity contribution in [3.63, 3.8) is 0 Å². The summed E-state index contributed by atoms with van der Waals surface area (Å²) in [4.78, 5) is 12.5. The molecule has 2 aromatic rings. The zero-order valence-electron chi connectivity index (χ0n) is 14.5. The summed E-state index contributed by atoms with van der Waals surface area (Å²) in [5, 5.41) is 3.16. The van der Waals surface area contributed by atoms with Gasteiger partial charge in [0, 0.05) is 29.8 Å². The fraction of sp³-hybridized carbons (Fsp3) is 0.211. The zero-order valence-corrected chi connectivity index (χ0v) is 16.1. The van der Waals surface area contributed by atoms with Crippen LogP contribution in [0.25, 0.3) is 5.57 Å². The van der Waals surface area contributed by atoms with Crippen molar-refractivity contribution in [2.45, 2.75) is 13.3 Å². The summed E-state index contributed by atoms with van der Waals surface area (Å²) in [5.74, 6) is -0.608. The molecule has 1 aliphatic rings. The van der Waals surface area contributed by atoms with E-state index in [2.05, 4.69) is 5.32 Å². The molecule has 0 saturated carbocycles. The second kappa shape index (κ2) is 7.13. The molecule has 0 spiro atoms. The van der Waals surface area contributed by atoms with Crippen LogP contribution in [0, 0.1) is 0 Å². The summed E-state index contributed by atoms with van der Waals surface area (Å²) in [6, 6.07) is 14.0. The average molecular weight is 391 g/mol. The average Bonchev–Trinajstić information content (AvgIpc) is 2.63. The minimum atomic E-state index is -4.00. The molecule has 1 N–H and O–H groups in total. The Hall–Kier alpha value is -2.31. The molecule has 0 fully saturated rings.